The lowest BCUT2D eigenvalue weighted by Gasteiger charge is -2.07. The van der Waals surface area contributed by atoms with Crippen LogP contribution in [0.4, 0.5) is 5.69 Å². The molecule has 0 saturated carbocycles. The van der Waals surface area contributed by atoms with Gasteiger partial charge in [0.1, 0.15) is 5.01 Å². The maximum Gasteiger partial charge on any atom is 0.234 e. The lowest BCUT2D eigenvalue weighted by atomic mass is 10.3. The number of hydrogen-bond donors (Lipinski definition) is 1. The van der Waals surface area contributed by atoms with Gasteiger partial charge in [0.05, 0.1) is 21.7 Å². The van der Waals surface area contributed by atoms with Gasteiger partial charge >= 0.3 is 0 Å². The number of nitrogens with one attached hydrogen (secondary N) is 1. The highest BCUT2D eigenvalue weighted by molar-refractivity contribution is 7.99. The zero-order valence-electron chi connectivity index (χ0n) is 14.9. The van der Waals surface area contributed by atoms with Gasteiger partial charge in [-0.1, -0.05) is 30.0 Å². The van der Waals surface area contributed by atoms with E-state index >= 15 is 0 Å². The fraction of sp³-hybridized carbons (Fsp3) is 0.167. The highest BCUT2D eigenvalue weighted by Crippen LogP contribution is 2.25. The fourth-order valence-electron chi connectivity index (χ4n) is 2.59. The second-order valence-corrected chi connectivity index (χ2v) is 8.62. The van der Waals surface area contributed by atoms with E-state index in [1.165, 1.54) is 16.5 Å². The van der Waals surface area contributed by atoms with E-state index in [-0.39, 0.29) is 5.91 Å². The topological polar surface area (TPSA) is 85.6 Å². The third-order valence-corrected chi connectivity index (χ3v) is 6.58. The second-order valence-electron chi connectivity index (χ2n) is 5.74. The van der Waals surface area contributed by atoms with Crippen LogP contribution in [0, 0.1) is 0 Å². The predicted octanol–water partition coefficient (Wildman–Crippen LogP) is 3.87. The molecule has 0 aliphatic heterocycles. The first-order valence-electron chi connectivity index (χ1n) is 8.38. The minimum absolute atomic E-state index is 0.0509. The molecule has 0 bridgehead atoms. The highest BCUT2D eigenvalue weighted by atomic mass is 32.2. The molecule has 0 fully saturated rings. The van der Waals surface area contributed by atoms with Gasteiger partial charge in [0, 0.05) is 11.4 Å². The van der Waals surface area contributed by atoms with Crippen molar-refractivity contribution in [3.8, 4) is 5.69 Å². The maximum atomic E-state index is 12.3. The zero-order chi connectivity index (χ0) is 19.3. The number of thioether (sulfide) groups is 2. The summed E-state index contributed by atoms with van der Waals surface area (Å²) in [4.78, 5) is 16.9. The molecule has 0 radical (unpaired) electrons. The molecule has 2 heterocycles. The first-order chi connectivity index (χ1) is 13.7. The second kappa shape index (κ2) is 8.72. The average molecular weight is 429 g/mol. The quantitative estimate of drug-likeness (QED) is 0.447. The lowest BCUT2D eigenvalue weighted by Crippen LogP contribution is -2.14. The molecule has 142 valence electrons. The monoisotopic (exact) mass is 428 g/mol. The van der Waals surface area contributed by atoms with E-state index in [9.17, 15) is 4.79 Å². The van der Waals surface area contributed by atoms with Crippen LogP contribution in [0.5, 0.6) is 0 Å². The Morgan fingerprint density at radius 2 is 2.11 bits per heavy atom. The molecule has 2 aromatic heterocycles. The number of amides is 1. The molecular weight excluding hydrogens is 412 g/mol. The molecule has 0 aliphatic rings. The van der Waals surface area contributed by atoms with Gasteiger partial charge in [-0.15, -0.1) is 28.2 Å². The van der Waals surface area contributed by atoms with E-state index in [0.717, 1.165) is 16.2 Å². The van der Waals surface area contributed by atoms with E-state index in [0.29, 0.717) is 22.3 Å². The summed E-state index contributed by atoms with van der Waals surface area (Å²) >= 11 is 4.68. The van der Waals surface area contributed by atoms with Crippen LogP contribution in [-0.4, -0.2) is 43.1 Å². The molecule has 0 spiro atoms. The van der Waals surface area contributed by atoms with Crippen LogP contribution in [0.15, 0.2) is 53.7 Å². The molecule has 28 heavy (non-hydrogen) atoms. The zero-order valence-corrected chi connectivity index (χ0v) is 17.4. The Balaban J connectivity index is 1.34. The summed E-state index contributed by atoms with van der Waals surface area (Å²) in [6.07, 6.45) is 1.91. The van der Waals surface area contributed by atoms with Gasteiger partial charge in [0.25, 0.3) is 0 Å². The Morgan fingerprint density at radius 3 is 2.96 bits per heavy atom. The van der Waals surface area contributed by atoms with Crippen LogP contribution in [0.3, 0.4) is 0 Å². The molecule has 1 amide bonds. The summed E-state index contributed by atoms with van der Waals surface area (Å²) in [7, 11) is 0. The largest absolute Gasteiger partial charge is 0.325 e. The third kappa shape index (κ3) is 4.34. The lowest BCUT2D eigenvalue weighted by molar-refractivity contribution is -0.113. The van der Waals surface area contributed by atoms with E-state index in [1.54, 1.807) is 27.8 Å². The number of fused-ring (bicyclic) bond motifs is 1. The Morgan fingerprint density at radius 1 is 1.21 bits per heavy atom. The van der Waals surface area contributed by atoms with Crippen molar-refractivity contribution < 1.29 is 4.79 Å². The number of carbonyl (C=O) groups excluding carboxylic acids is 1. The minimum Gasteiger partial charge on any atom is -0.325 e. The SMILES string of the molecule is CSc1nnnn1-c1cccc(NC(=O)CSCc2nc3ccccc3s2)c1. The number of anilines is 1. The van der Waals surface area contributed by atoms with Crippen LogP contribution < -0.4 is 5.32 Å². The van der Waals surface area contributed by atoms with Crippen molar-refractivity contribution in [2.24, 2.45) is 0 Å². The van der Waals surface area contributed by atoms with Crippen molar-refractivity contribution in [2.45, 2.75) is 10.9 Å². The molecule has 1 N–H and O–H groups in total. The standard InChI is InChI=1S/C18H16N6OS3/c1-26-18-21-22-23-24(18)13-6-4-5-12(9-13)19-16(25)10-27-11-17-20-14-7-2-3-8-15(14)28-17/h2-9H,10-11H2,1H3,(H,19,25). The molecule has 0 unspecified atom stereocenters. The molecule has 10 heteroatoms. The Kier molecular flexibility index (Phi) is 5.89. The van der Waals surface area contributed by atoms with Crippen molar-refractivity contribution in [3.05, 3.63) is 53.5 Å². The van der Waals surface area contributed by atoms with Crippen LogP contribution in [0.2, 0.25) is 0 Å². The van der Waals surface area contributed by atoms with Crippen molar-refractivity contribution in [3.63, 3.8) is 0 Å². The van der Waals surface area contributed by atoms with Crippen LogP contribution in [0.25, 0.3) is 15.9 Å². The molecule has 0 saturated heterocycles. The summed E-state index contributed by atoms with van der Waals surface area (Å²) in [6.45, 7) is 0. The van der Waals surface area contributed by atoms with Gasteiger partial charge in [0.2, 0.25) is 11.1 Å². The van der Waals surface area contributed by atoms with Gasteiger partial charge in [-0.25, -0.2) is 4.98 Å². The number of nitrogens with zero attached hydrogens (tertiary/aromatic N) is 5. The van der Waals surface area contributed by atoms with Crippen molar-refractivity contribution in [2.75, 3.05) is 17.3 Å². The number of para-hydroxylation sites is 1. The third-order valence-electron chi connectivity index (χ3n) is 3.79. The summed E-state index contributed by atoms with van der Waals surface area (Å²) in [5.74, 6) is 1.03. The number of thiazole rings is 1. The van der Waals surface area contributed by atoms with Gasteiger partial charge in [0.15, 0.2) is 0 Å². The van der Waals surface area contributed by atoms with Crippen molar-refractivity contribution >= 4 is 56.7 Å². The summed E-state index contributed by atoms with van der Waals surface area (Å²) in [6, 6.07) is 15.5. The summed E-state index contributed by atoms with van der Waals surface area (Å²) in [5, 5.41) is 16.3. The maximum absolute atomic E-state index is 12.3. The van der Waals surface area contributed by atoms with Crippen LogP contribution in [-0.2, 0) is 10.5 Å². The normalized spacial score (nSPS) is 11.0. The van der Waals surface area contributed by atoms with Crippen LogP contribution in [0.1, 0.15) is 5.01 Å². The molecule has 4 rings (SSSR count). The number of carbonyl (C=O) groups is 1. The Labute approximate surface area is 173 Å². The van der Waals surface area contributed by atoms with E-state index in [4.69, 9.17) is 0 Å². The number of tetrazole rings is 1. The smallest absolute Gasteiger partial charge is 0.234 e. The predicted molar refractivity (Wildman–Crippen MR) is 115 cm³/mol. The molecule has 7 nitrogen and oxygen atoms in total. The van der Waals surface area contributed by atoms with Crippen molar-refractivity contribution in [1.82, 2.24) is 25.2 Å². The van der Waals surface area contributed by atoms with Crippen molar-refractivity contribution in [1.29, 1.82) is 0 Å². The van der Waals surface area contributed by atoms with Gasteiger partial charge in [-0.3, -0.25) is 4.79 Å². The molecular formula is C18H16N6OS3. The minimum atomic E-state index is -0.0509. The number of aromatic nitrogens is 5. The number of hydrogen-bond acceptors (Lipinski definition) is 8. The van der Waals surface area contributed by atoms with E-state index < -0.39 is 0 Å². The first-order valence-corrected chi connectivity index (χ1v) is 11.6. The van der Waals surface area contributed by atoms with Gasteiger partial charge in [-0.2, -0.15) is 4.68 Å². The molecule has 0 aliphatic carbocycles. The molecule has 0 atom stereocenters. The number of benzene rings is 2. The Bertz CT molecular complexity index is 1080. The first kappa shape index (κ1) is 18.9. The van der Waals surface area contributed by atoms with E-state index in [1.807, 2.05) is 48.7 Å². The van der Waals surface area contributed by atoms with Gasteiger partial charge < -0.3 is 5.32 Å². The number of rotatable bonds is 7. The molecule has 4 aromatic rings. The Hall–Kier alpha value is -2.43. The summed E-state index contributed by atoms with van der Waals surface area (Å²) in [5.41, 5.74) is 2.52. The molecule has 2 aromatic carbocycles. The van der Waals surface area contributed by atoms with E-state index in [2.05, 4.69) is 31.9 Å². The van der Waals surface area contributed by atoms with Gasteiger partial charge in [-0.05, 0) is 47.0 Å². The summed E-state index contributed by atoms with van der Waals surface area (Å²) < 4.78 is 2.81. The average Bonchev–Trinajstić information content (AvgIpc) is 3.34. The fourth-order valence-corrected chi connectivity index (χ4v) is 4.87. The van der Waals surface area contributed by atoms with Crippen LogP contribution >= 0.6 is 34.9 Å². The highest BCUT2D eigenvalue weighted by Gasteiger charge is 2.10.